The van der Waals surface area contributed by atoms with E-state index in [1.165, 1.54) is 6.42 Å². The molecule has 0 spiro atoms. The number of rotatable bonds is 0. The van der Waals surface area contributed by atoms with Crippen LogP contribution in [0.1, 0.15) is 20.3 Å². The average molecular weight is 113 g/mol. The van der Waals surface area contributed by atoms with E-state index in [0.717, 1.165) is 6.54 Å². The van der Waals surface area contributed by atoms with Crippen LogP contribution in [0.25, 0.3) is 0 Å². The Balaban J connectivity index is 2.37. The van der Waals surface area contributed by atoms with Gasteiger partial charge in [-0.1, -0.05) is 0 Å². The Kier molecular flexibility index (Phi) is 1.24. The van der Waals surface area contributed by atoms with Crippen LogP contribution in [-0.4, -0.2) is 23.4 Å². The van der Waals surface area contributed by atoms with Gasteiger partial charge in [0, 0.05) is 19.5 Å². The maximum absolute atomic E-state index is 10.6. The lowest BCUT2D eigenvalue weighted by molar-refractivity contribution is -0.135. The first-order chi connectivity index (χ1) is 3.72. The minimum Gasteiger partial charge on any atom is -0.340 e. The maximum atomic E-state index is 10.6. The summed E-state index contributed by atoms with van der Waals surface area (Å²) < 4.78 is 0. The van der Waals surface area contributed by atoms with Crippen LogP contribution in [-0.2, 0) is 4.79 Å². The monoisotopic (exact) mass is 113 g/mol. The molecule has 1 fully saturated rings. The van der Waals surface area contributed by atoms with Gasteiger partial charge < -0.3 is 4.90 Å². The largest absolute Gasteiger partial charge is 0.340 e. The van der Waals surface area contributed by atoms with Gasteiger partial charge in [-0.15, -0.1) is 0 Å². The lowest BCUT2D eigenvalue weighted by Crippen LogP contribution is -2.48. The molecule has 0 radical (unpaired) electrons. The summed E-state index contributed by atoms with van der Waals surface area (Å²) in [7, 11) is 0. The minimum atomic E-state index is 0.212. The second-order valence-electron chi connectivity index (χ2n) is 2.35. The molecule has 0 aromatic carbocycles. The molecule has 2 nitrogen and oxygen atoms in total. The van der Waals surface area contributed by atoms with Crippen molar-refractivity contribution in [3.63, 3.8) is 0 Å². The number of likely N-dealkylation sites (tertiary alicyclic amines) is 1. The van der Waals surface area contributed by atoms with Crippen molar-refractivity contribution in [2.24, 2.45) is 0 Å². The van der Waals surface area contributed by atoms with Gasteiger partial charge in [0.2, 0.25) is 5.91 Å². The standard InChI is InChI=1S/C6H11NO/c1-5-3-4-7(5)6(2)8/h5H,3-4H2,1-2H3/t5-/m1/s1. The van der Waals surface area contributed by atoms with Crippen LogP contribution in [0.2, 0.25) is 0 Å². The molecule has 1 aliphatic rings. The van der Waals surface area contributed by atoms with Crippen molar-refractivity contribution in [2.45, 2.75) is 26.3 Å². The minimum absolute atomic E-state index is 0.212. The Hall–Kier alpha value is -0.530. The Morgan fingerprint density at radius 2 is 2.38 bits per heavy atom. The Bertz CT molecular complexity index is 111. The first kappa shape index (κ1) is 5.60. The summed E-state index contributed by atoms with van der Waals surface area (Å²) >= 11 is 0. The Morgan fingerprint density at radius 3 is 2.38 bits per heavy atom. The normalized spacial score (nSPS) is 27.2. The molecule has 1 atom stereocenters. The van der Waals surface area contributed by atoms with Crippen LogP contribution in [0.5, 0.6) is 0 Å². The molecular weight excluding hydrogens is 102 g/mol. The molecule has 0 unspecified atom stereocenters. The summed E-state index contributed by atoms with van der Waals surface area (Å²) in [4.78, 5) is 12.4. The number of carbonyl (C=O) groups excluding carboxylic acids is 1. The quantitative estimate of drug-likeness (QED) is 0.451. The van der Waals surface area contributed by atoms with E-state index in [1.54, 1.807) is 6.92 Å². The molecule has 0 aromatic rings. The molecule has 1 amide bonds. The number of hydrogen-bond acceptors (Lipinski definition) is 1. The van der Waals surface area contributed by atoms with Crippen LogP contribution in [0.4, 0.5) is 0 Å². The van der Waals surface area contributed by atoms with Crippen LogP contribution in [0, 0.1) is 0 Å². The summed E-state index contributed by atoms with van der Waals surface area (Å²) in [5.74, 6) is 0.212. The predicted octanol–water partition coefficient (Wildman–Crippen LogP) is 0.627. The molecule has 1 rings (SSSR count). The van der Waals surface area contributed by atoms with Gasteiger partial charge in [-0.3, -0.25) is 4.79 Å². The molecule has 0 aromatic heterocycles. The van der Waals surface area contributed by atoms with Crippen molar-refractivity contribution in [3.8, 4) is 0 Å². The van der Waals surface area contributed by atoms with E-state index in [2.05, 4.69) is 6.92 Å². The third-order valence-corrected chi connectivity index (χ3v) is 1.72. The van der Waals surface area contributed by atoms with E-state index in [-0.39, 0.29) is 5.91 Å². The van der Waals surface area contributed by atoms with Gasteiger partial charge in [0.1, 0.15) is 0 Å². The van der Waals surface area contributed by atoms with Crippen molar-refractivity contribution < 1.29 is 4.79 Å². The van der Waals surface area contributed by atoms with Crippen molar-refractivity contribution in [1.29, 1.82) is 0 Å². The zero-order valence-electron chi connectivity index (χ0n) is 5.35. The van der Waals surface area contributed by atoms with Crippen LogP contribution >= 0.6 is 0 Å². The SMILES string of the molecule is CC(=O)N1CC[C@H]1C. The second-order valence-corrected chi connectivity index (χ2v) is 2.35. The Morgan fingerprint density at radius 1 is 1.75 bits per heavy atom. The zero-order chi connectivity index (χ0) is 6.15. The van der Waals surface area contributed by atoms with Gasteiger partial charge in [0.25, 0.3) is 0 Å². The highest BCUT2D eigenvalue weighted by molar-refractivity contribution is 5.74. The summed E-state index contributed by atoms with van der Waals surface area (Å²) in [6.45, 7) is 4.66. The van der Waals surface area contributed by atoms with Crippen LogP contribution in [0.15, 0.2) is 0 Å². The van der Waals surface area contributed by atoms with Gasteiger partial charge in [0.15, 0.2) is 0 Å². The van der Waals surface area contributed by atoms with Crippen molar-refractivity contribution in [3.05, 3.63) is 0 Å². The van der Waals surface area contributed by atoms with E-state index in [0.29, 0.717) is 6.04 Å². The maximum Gasteiger partial charge on any atom is 0.219 e. The molecule has 1 aliphatic heterocycles. The van der Waals surface area contributed by atoms with E-state index in [9.17, 15) is 4.79 Å². The summed E-state index contributed by atoms with van der Waals surface area (Å²) in [6, 6.07) is 0.507. The van der Waals surface area contributed by atoms with Crippen LogP contribution < -0.4 is 0 Å². The molecule has 0 aliphatic carbocycles. The van der Waals surface area contributed by atoms with Crippen molar-refractivity contribution in [2.75, 3.05) is 6.54 Å². The summed E-state index contributed by atoms with van der Waals surface area (Å²) in [6.07, 6.45) is 1.18. The van der Waals surface area contributed by atoms with Gasteiger partial charge in [-0.2, -0.15) is 0 Å². The lowest BCUT2D eigenvalue weighted by Gasteiger charge is -2.37. The van der Waals surface area contributed by atoms with E-state index < -0.39 is 0 Å². The second kappa shape index (κ2) is 1.77. The molecule has 8 heavy (non-hydrogen) atoms. The van der Waals surface area contributed by atoms with Gasteiger partial charge in [0.05, 0.1) is 0 Å². The topological polar surface area (TPSA) is 20.3 Å². The van der Waals surface area contributed by atoms with Crippen molar-refractivity contribution in [1.82, 2.24) is 4.90 Å². The molecule has 1 heterocycles. The fourth-order valence-electron chi connectivity index (χ4n) is 0.984. The number of hydrogen-bond donors (Lipinski definition) is 0. The number of amides is 1. The fraction of sp³-hybridized carbons (Fsp3) is 0.833. The average Bonchev–Trinajstić information content (AvgIpc) is 1.61. The smallest absolute Gasteiger partial charge is 0.219 e. The molecule has 1 saturated heterocycles. The highest BCUT2D eigenvalue weighted by Gasteiger charge is 2.24. The predicted molar refractivity (Wildman–Crippen MR) is 31.5 cm³/mol. The summed E-state index contributed by atoms with van der Waals surface area (Å²) in [5, 5.41) is 0. The molecule has 2 heteroatoms. The van der Waals surface area contributed by atoms with Crippen LogP contribution in [0.3, 0.4) is 0 Å². The fourth-order valence-corrected chi connectivity index (χ4v) is 0.984. The van der Waals surface area contributed by atoms with E-state index in [4.69, 9.17) is 0 Å². The van der Waals surface area contributed by atoms with Gasteiger partial charge >= 0.3 is 0 Å². The number of carbonyl (C=O) groups is 1. The highest BCUT2D eigenvalue weighted by Crippen LogP contribution is 2.15. The van der Waals surface area contributed by atoms with E-state index >= 15 is 0 Å². The first-order valence-electron chi connectivity index (χ1n) is 2.99. The van der Waals surface area contributed by atoms with Gasteiger partial charge in [-0.25, -0.2) is 0 Å². The lowest BCUT2D eigenvalue weighted by atomic mass is 10.1. The first-order valence-corrected chi connectivity index (χ1v) is 2.99. The van der Waals surface area contributed by atoms with Crippen molar-refractivity contribution >= 4 is 5.91 Å². The molecule has 0 saturated carbocycles. The molecule has 46 valence electrons. The molecule has 0 N–H and O–H groups in total. The Labute approximate surface area is 49.5 Å². The molecular formula is C6H11NO. The number of nitrogens with zero attached hydrogens (tertiary/aromatic N) is 1. The molecule has 0 bridgehead atoms. The van der Waals surface area contributed by atoms with Gasteiger partial charge in [-0.05, 0) is 13.3 Å². The summed E-state index contributed by atoms with van der Waals surface area (Å²) in [5.41, 5.74) is 0. The van der Waals surface area contributed by atoms with E-state index in [1.807, 2.05) is 4.90 Å². The third kappa shape index (κ3) is 0.703. The zero-order valence-corrected chi connectivity index (χ0v) is 5.35. The third-order valence-electron chi connectivity index (χ3n) is 1.72. The highest BCUT2D eigenvalue weighted by atomic mass is 16.2.